The van der Waals surface area contributed by atoms with Gasteiger partial charge in [0.2, 0.25) is 0 Å². The third-order valence-corrected chi connectivity index (χ3v) is 8.44. The Kier molecular flexibility index (Phi) is 11.5. The monoisotopic (exact) mass is 654 g/mol. The zero-order chi connectivity index (χ0) is 33.5. The van der Waals surface area contributed by atoms with E-state index in [0.717, 1.165) is 36.6 Å². The number of anilines is 1. The van der Waals surface area contributed by atoms with Crippen LogP contribution in [0.2, 0.25) is 0 Å². The van der Waals surface area contributed by atoms with Crippen molar-refractivity contribution in [2.45, 2.75) is 43.2 Å². The van der Waals surface area contributed by atoms with E-state index < -0.39 is 35.0 Å². The van der Waals surface area contributed by atoms with Crippen LogP contribution < -0.4 is 11.1 Å². The van der Waals surface area contributed by atoms with E-state index >= 15 is 0 Å². The van der Waals surface area contributed by atoms with Crippen LogP contribution in [-0.2, 0) is 20.9 Å². The van der Waals surface area contributed by atoms with Crippen molar-refractivity contribution in [3.63, 3.8) is 0 Å². The predicted molar refractivity (Wildman–Crippen MR) is 173 cm³/mol. The Hall–Kier alpha value is -4.26. The number of nitrogen functional groups attached to an aromatic ring is 1. The van der Waals surface area contributed by atoms with Gasteiger partial charge in [-0.25, -0.2) is 8.78 Å². The molecule has 0 radical (unpaired) electrons. The summed E-state index contributed by atoms with van der Waals surface area (Å²) >= 11 is 4.27. The summed E-state index contributed by atoms with van der Waals surface area (Å²) in [6, 6.07) is 16.5. The molecule has 2 aliphatic heterocycles. The van der Waals surface area contributed by atoms with E-state index in [1.807, 2.05) is 0 Å². The van der Waals surface area contributed by atoms with Crippen LogP contribution in [0.3, 0.4) is 0 Å². The molecule has 0 aliphatic carbocycles. The summed E-state index contributed by atoms with van der Waals surface area (Å²) in [5, 5.41) is 2.16. The molecule has 1 atom stereocenters. The van der Waals surface area contributed by atoms with E-state index in [0.29, 0.717) is 40.6 Å². The molecule has 3 N–H and O–H groups in total. The molecule has 12 heteroatoms. The topological polar surface area (TPSA) is 97.1 Å². The van der Waals surface area contributed by atoms with Gasteiger partial charge in [0.15, 0.2) is 6.23 Å². The zero-order valence-corrected chi connectivity index (χ0v) is 26.8. The number of likely N-dealkylation sites (N-methyl/N-ethyl adjacent to an activating group) is 1. The van der Waals surface area contributed by atoms with Crippen molar-refractivity contribution in [3.8, 4) is 0 Å². The lowest BCUT2D eigenvalue weighted by atomic mass is 9.92. The maximum Gasteiger partial charge on any atom is 0.261 e. The van der Waals surface area contributed by atoms with Gasteiger partial charge in [-0.1, -0.05) is 43.0 Å². The second-order valence-corrected chi connectivity index (χ2v) is 11.6. The van der Waals surface area contributed by atoms with Crippen molar-refractivity contribution < 1.29 is 32.6 Å². The van der Waals surface area contributed by atoms with Crippen LogP contribution in [0, 0.1) is 11.6 Å². The Bertz CT molecular complexity index is 1610. The van der Waals surface area contributed by atoms with Gasteiger partial charge >= 0.3 is 0 Å². The van der Waals surface area contributed by atoms with Crippen LogP contribution in [0.15, 0.2) is 83.7 Å². The SMILES string of the molecule is C=C1N(C)C(=O)C(c2ccc(CC(NC(=O)c3cc(F)c(N)cc3F)OF)cc2)=C(C)N1C.Sc1ccc(C2CCOCC2)cc1. The number of thiol groups is 1. The number of halogens is 3. The molecule has 1 fully saturated rings. The lowest BCUT2D eigenvalue weighted by Crippen LogP contribution is -2.39. The number of hydrogen-bond donors (Lipinski definition) is 3. The van der Waals surface area contributed by atoms with Gasteiger partial charge in [0.05, 0.1) is 16.8 Å². The fraction of sp³-hybridized carbons (Fsp3) is 0.294. The van der Waals surface area contributed by atoms with Crippen LogP contribution >= 0.6 is 12.6 Å². The Morgan fingerprint density at radius 1 is 1.07 bits per heavy atom. The van der Waals surface area contributed by atoms with E-state index in [-0.39, 0.29) is 12.3 Å². The fourth-order valence-electron chi connectivity index (χ4n) is 5.22. The fourth-order valence-corrected chi connectivity index (χ4v) is 5.37. The molecule has 1 saturated heterocycles. The molecular formula is C34H37F3N4O4S. The number of hydrogen-bond acceptors (Lipinski definition) is 7. The summed E-state index contributed by atoms with van der Waals surface area (Å²) in [7, 11) is 3.43. The van der Waals surface area contributed by atoms with E-state index in [1.165, 1.54) is 10.5 Å². The van der Waals surface area contributed by atoms with Crippen LogP contribution in [0.5, 0.6) is 0 Å². The zero-order valence-electron chi connectivity index (χ0n) is 25.9. The molecule has 3 aromatic rings. The Morgan fingerprint density at radius 2 is 1.70 bits per heavy atom. The molecule has 2 heterocycles. The van der Waals surface area contributed by atoms with Crippen molar-refractivity contribution in [2.75, 3.05) is 33.0 Å². The normalized spacial score (nSPS) is 16.2. The average Bonchev–Trinajstić information content (AvgIpc) is 3.06. The lowest BCUT2D eigenvalue weighted by molar-refractivity contribution is -0.184. The number of carbonyl (C=O) groups is 2. The Labute approximate surface area is 272 Å². The van der Waals surface area contributed by atoms with Gasteiger partial charge < -0.3 is 20.7 Å². The molecule has 2 amide bonds. The molecular weight excluding hydrogens is 617 g/mol. The molecule has 0 spiro atoms. The van der Waals surface area contributed by atoms with Crippen molar-refractivity contribution in [2.24, 2.45) is 0 Å². The van der Waals surface area contributed by atoms with Crippen molar-refractivity contribution in [1.29, 1.82) is 0 Å². The highest BCUT2D eigenvalue weighted by molar-refractivity contribution is 7.80. The molecule has 8 nitrogen and oxygen atoms in total. The van der Waals surface area contributed by atoms with Crippen LogP contribution in [0.4, 0.5) is 19.0 Å². The van der Waals surface area contributed by atoms with Gasteiger partial charge in [0.1, 0.15) is 17.5 Å². The van der Waals surface area contributed by atoms with E-state index in [9.17, 15) is 22.9 Å². The van der Waals surface area contributed by atoms with E-state index in [1.54, 1.807) is 50.2 Å². The standard InChI is InChI=1S/C23H23F3N4O3.C11H14OS/c1-12-21(23(32)30(4)13(2)29(12)3)15-7-5-14(6-8-15)9-20(33-26)28-22(31)16-10-18(25)19(27)11-17(16)24;13-11-3-1-9(2-4-11)10-5-7-12-8-6-10/h5-8,10-11,20H,2,9,27H2,1,3-4H3,(H,28,31);1-4,10,13H,5-8H2. The van der Waals surface area contributed by atoms with Crippen LogP contribution in [-0.4, -0.2) is 55.2 Å². The summed E-state index contributed by atoms with van der Waals surface area (Å²) in [5.41, 5.74) is 8.04. The number of nitrogens with two attached hydrogens (primary N) is 1. The summed E-state index contributed by atoms with van der Waals surface area (Å²) in [6.07, 6.45) is 0.753. The first kappa shape index (κ1) is 34.6. The van der Waals surface area contributed by atoms with Gasteiger partial charge in [-0.3, -0.25) is 14.5 Å². The lowest BCUT2D eigenvalue weighted by Gasteiger charge is -2.36. The van der Waals surface area contributed by atoms with Crippen LogP contribution in [0.1, 0.15) is 52.7 Å². The van der Waals surface area contributed by atoms with Crippen molar-refractivity contribution in [1.82, 2.24) is 15.1 Å². The van der Waals surface area contributed by atoms with Crippen molar-refractivity contribution >= 4 is 35.7 Å². The highest BCUT2D eigenvalue weighted by Gasteiger charge is 2.30. The number of carbonyl (C=O) groups excluding carboxylic acids is 2. The van der Waals surface area contributed by atoms with Gasteiger partial charge in [-0.15, -0.1) is 12.6 Å². The summed E-state index contributed by atoms with van der Waals surface area (Å²) < 4.78 is 45.9. The van der Waals surface area contributed by atoms with Gasteiger partial charge in [0, 0.05) is 50.4 Å². The quantitative estimate of drug-likeness (QED) is 0.159. The Balaban J connectivity index is 0.000000305. The minimum absolute atomic E-state index is 0.107. The minimum atomic E-state index is -1.46. The summed E-state index contributed by atoms with van der Waals surface area (Å²) in [4.78, 5) is 33.1. The van der Waals surface area contributed by atoms with Crippen LogP contribution in [0.25, 0.3) is 5.57 Å². The summed E-state index contributed by atoms with van der Waals surface area (Å²) in [6.45, 7) is 7.51. The third-order valence-electron chi connectivity index (χ3n) is 8.14. The highest BCUT2D eigenvalue weighted by atomic mass is 32.1. The van der Waals surface area contributed by atoms with Gasteiger partial charge in [0.25, 0.3) is 11.8 Å². The maximum absolute atomic E-state index is 13.9. The molecule has 3 aromatic carbocycles. The average molecular weight is 655 g/mol. The first-order valence-electron chi connectivity index (χ1n) is 14.6. The molecule has 1 unspecified atom stereocenters. The number of amides is 2. The van der Waals surface area contributed by atoms with E-state index in [4.69, 9.17) is 10.5 Å². The smallest absolute Gasteiger partial charge is 0.261 e. The number of nitrogens with zero attached hydrogens (tertiary/aromatic N) is 2. The first-order valence-corrected chi connectivity index (χ1v) is 15.1. The molecule has 46 heavy (non-hydrogen) atoms. The number of allylic oxidation sites excluding steroid dienone is 1. The van der Waals surface area contributed by atoms with Crippen molar-refractivity contribution in [3.05, 3.63) is 113 Å². The molecule has 0 bridgehead atoms. The molecule has 0 aromatic heterocycles. The molecule has 244 valence electrons. The third kappa shape index (κ3) is 8.11. The maximum atomic E-state index is 13.9. The molecule has 2 aliphatic rings. The highest BCUT2D eigenvalue weighted by Crippen LogP contribution is 2.31. The van der Waals surface area contributed by atoms with Gasteiger partial charge in [-0.2, -0.15) is 4.94 Å². The predicted octanol–water partition coefficient (Wildman–Crippen LogP) is 6.22. The number of ether oxygens (including phenoxy) is 1. The number of nitrogens with one attached hydrogen (secondary N) is 1. The number of rotatable bonds is 7. The first-order chi connectivity index (χ1) is 21.9. The second kappa shape index (κ2) is 15.4. The molecule has 5 rings (SSSR count). The van der Waals surface area contributed by atoms with Gasteiger partial charge in [-0.05, 0) is 65.1 Å². The van der Waals surface area contributed by atoms with E-state index in [2.05, 4.69) is 53.7 Å². The summed E-state index contributed by atoms with van der Waals surface area (Å²) in [5.74, 6) is -2.05. The Morgan fingerprint density at radius 3 is 2.30 bits per heavy atom. The molecule has 0 saturated carbocycles. The largest absolute Gasteiger partial charge is 0.396 e. The number of benzene rings is 3. The second-order valence-electron chi connectivity index (χ2n) is 11.1. The minimum Gasteiger partial charge on any atom is -0.396 e.